The van der Waals surface area contributed by atoms with Crippen LogP contribution in [0, 0.1) is 5.82 Å². The van der Waals surface area contributed by atoms with Crippen LogP contribution < -0.4 is 11.1 Å². The third-order valence-electron chi connectivity index (χ3n) is 3.26. The smallest absolute Gasteiger partial charge is 0.126 e. The van der Waals surface area contributed by atoms with Crippen LogP contribution >= 0.6 is 0 Å². The van der Waals surface area contributed by atoms with E-state index in [4.69, 9.17) is 5.73 Å². The minimum absolute atomic E-state index is 0.113. The number of anilines is 1. The van der Waals surface area contributed by atoms with Crippen molar-refractivity contribution in [2.75, 3.05) is 12.3 Å². The minimum Gasteiger partial charge on any atom is -0.383 e. The lowest BCUT2D eigenvalue weighted by Gasteiger charge is -2.19. The first kappa shape index (κ1) is 14.5. The van der Waals surface area contributed by atoms with Crippen molar-refractivity contribution in [2.45, 2.75) is 25.8 Å². The zero-order valence-corrected chi connectivity index (χ0v) is 11.6. The van der Waals surface area contributed by atoms with Crippen LogP contribution in [-0.4, -0.2) is 11.5 Å². The molecule has 2 aromatic rings. The van der Waals surface area contributed by atoms with Crippen molar-refractivity contribution in [1.82, 2.24) is 10.3 Å². The number of hydrogen-bond donors (Lipinski definition) is 2. The van der Waals surface area contributed by atoms with E-state index in [0.29, 0.717) is 5.82 Å². The van der Waals surface area contributed by atoms with Crippen molar-refractivity contribution in [3.8, 4) is 0 Å². The van der Waals surface area contributed by atoms with E-state index in [2.05, 4.69) is 17.2 Å². The number of rotatable bonds is 6. The van der Waals surface area contributed by atoms with Gasteiger partial charge in [-0.2, -0.15) is 0 Å². The van der Waals surface area contributed by atoms with Gasteiger partial charge in [-0.25, -0.2) is 9.37 Å². The molecule has 0 fully saturated rings. The number of nitrogen functional groups attached to an aromatic ring is 1. The summed E-state index contributed by atoms with van der Waals surface area (Å²) in [6.07, 6.45) is 3.47. The van der Waals surface area contributed by atoms with Gasteiger partial charge in [0.15, 0.2) is 0 Å². The molecule has 20 heavy (non-hydrogen) atoms. The first-order valence-electron chi connectivity index (χ1n) is 6.89. The highest BCUT2D eigenvalue weighted by Crippen LogP contribution is 2.21. The van der Waals surface area contributed by atoms with Gasteiger partial charge in [0, 0.05) is 12.2 Å². The zero-order valence-electron chi connectivity index (χ0n) is 11.6. The Labute approximate surface area is 119 Å². The van der Waals surface area contributed by atoms with Gasteiger partial charge in [-0.15, -0.1) is 0 Å². The fourth-order valence-electron chi connectivity index (χ4n) is 2.16. The molecule has 0 saturated carbocycles. The van der Waals surface area contributed by atoms with Crippen LogP contribution in [0.15, 0.2) is 42.6 Å². The molecule has 0 bridgehead atoms. The lowest BCUT2D eigenvalue weighted by molar-refractivity contribution is 0.527. The van der Waals surface area contributed by atoms with Gasteiger partial charge in [-0.1, -0.05) is 25.1 Å². The van der Waals surface area contributed by atoms with Crippen LogP contribution in [0.1, 0.15) is 30.5 Å². The molecular formula is C16H20FN3. The van der Waals surface area contributed by atoms with Crippen molar-refractivity contribution in [2.24, 2.45) is 0 Å². The molecule has 4 heteroatoms. The summed E-state index contributed by atoms with van der Waals surface area (Å²) >= 11 is 0. The van der Waals surface area contributed by atoms with Crippen molar-refractivity contribution in [3.63, 3.8) is 0 Å². The monoisotopic (exact) mass is 273 g/mol. The molecule has 1 unspecified atom stereocenters. The number of nitrogens with two attached hydrogens (primary N) is 1. The summed E-state index contributed by atoms with van der Waals surface area (Å²) in [6.45, 7) is 3.02. The second kappa shape index (κ2) is 7.01. The maximum absolute atomic E-state index is 13.0. The highest BCUT2D eigenvalue weighted by atomic mass is 19.1. The Morgan fingerprint density at radius 1 is 1.25 bits per heavy atom. The number of halogens is 1. The van der Waals surface area contributed by atoms with Crippen LogP contribution in [-0.2, 0) is 6.42 Å². The predicted octanol–water partition coefficient (Wildman–Crippen LogP) is 3.09. The Hall–Kier alpha value is -1.94. The van der Waals surface area contributed by atoms with Crippen LogP contribution in [0.5, 0.6) is 0 Å². The molecule has 3 N–H and O–H groups in total. The molecule has 1 aromatic heterocycles. The van der Waals surface area contributed by atoms with Gasteiger partial charge < -0.3 is 11.1 Å². The molecule has 106 valence electrons. The molecular weight excluding hydrogens is 253 g/mol. The highest BCUT2D eigenvalue weighted by molar-refractivity contribution is 5.39. The molecule has 2 rings (SSSR count). The van der Waals surface area contributed by atoms with Crippen LogP contribution in [0.4, 0.5) is 10.2 Å². The zero-order chi connectivity index (χ0) is 14.4. The van der Waals surface area contributed by atoms with E-state index in [1.165, 1.54) is 12.1 Å². The fourth-order valence-corrected chi connectivity index (χ4v) is 2.16. The quantitative estimate of drug-likeness (QED) is 0.850. The second-order valence-corrected chi connectivity index (χ2v) is 4.81. The molecule has 0 aliphatic rings. The van der Waals surface area contributed by atoms with Gasteiger partial charge in [-0.05, 0) is 48.7 Å². The van der Waals surface area contributed by atoms with Crippen LogP contribution in [0.3, 0.4) is 0 Å². The molecule has 0 spiro atoms. The average Bonchev–Trinajstić information content (AvgIpc) is 2.46. The van der Waals surface area contributed by atoms with Gasteiger partial charge in [-0.3, -0.25) is 0 Å². The van der Waals surface area contributed by atoms with Gasteiger partial charge >= 0.3 is 0 Å². The van der Waals surface area contributed by atoms with Crippen molar-refractivity contribution >= 4 is 5.82 Å². The normalized spacial score (nSPS) is 12.3. The van der Waals surface area contributed by atoms with E-state index in [-0.39, 0.29) is 11.9 Å². The summed E-state index contributed by atoms with van der Waals surface area (Å²) in [7, 11) is 0. The van der Waals surface area contributed by atoms with E-state index >= 15 is 0 Å². The molecule has 1 heterocycles. The summed E-state index contributed by atoms with van der Waals surface area (Å²) < 4.78 is 13.0. The first-order chi connectivity index (χ1) is 9.70. The minimum atomic E-state index is -0.219. The second-order valence-electron chi connectivity index (χ2n) is 4.81. The van der Waals surface area contributed by atoms with Crippen LogP contribution in [0.2, 0.25) is 0 Å². The Morgan fingerprint density at radius 2 is 2.00 bits per heavy atom. The van der Waals surface area contributed by atoms with E-state index < -0.39 is 0 Å². The van der Waals surface area contributed by atoms with E-state index in [1.807, 2.05) is 24.3 Å². The topological polar surface area (TPSA) is 50.9 Å². The van der Waals surface area contributed by atoms with Gasteiger partial charge in [0.1, 0.15) is 11.6 Å². The van der Waals surface area contributed by atoms with Gasteiger partial charge in [0.05, 0.1) is 0 Å². The van der Waals surface area contributed by atoms with E-state index in [1.54, 1.807) is 6.20 Å². The molecule has 0 radical (unpaired) electrons. The van der Waals surface area contributed by atoms with Crippen molar-refractivity contribution in [3.05, 3.63) is 59.5 Å². The lowest BCUT2D eigenvalue weighted by Crippen LogP contribution is -2.24. The van der Waals surface area contributed by atoms with E-state index in [9.17, 15) is 4.39 Å². The number of pyridine rings is 1. The summed E-state index contributed by atoms with van der Waals surface area (Å²) in [6, 6.07) is 10.6. The maximum atomic E-state index is 13.0. The largest absolute Gasteiger partial charge is 0.383 e. The summed E-state index contributed by atoms with van der Waals surface area (Å²) in [5, 5.41) is 3.48. The fraction of sp³-hybridized carbons (Fsp3) is 0.312. The predicted molar refractivity (Wildman–Crippen MR) is 79.8 cm³/mol. The van der Waals surface area contributed by atoms with E-state index in [0.717, 1.165) is 30.5 Å². The Bertz CT molecular complexity index is 540. The van der Waals surface area contributed by atoms with Crippen molar-refractivity contribution in [1.29, 1.82) is 0 Å². The van der Waals surface area contributed by atoms with Crippen molar-refractivity contribution < 1.29 is 4.39 Å². The molecule has 0 saturated heterocycles. The third kappa shape index (κ3) is 3.78. The SMILES string of the molecule is CCCNC(Cc1cccnc1N)c1ccc(F)cc1. The molecule has 1 atom stereocenters. The number of nitrogens with zero attached hydrogens (tertiary/aromatic N) is 1. The molecule has 0 aliphatic heterocycles. The summed E-state index contributed by atoms with van der Waals surface area (Å²) in [4.78, 5) is 4.11. The lowest BCUT2D eigenvalue weighted by atomic mass is 9.99. The Balaban J connectivity index is 2.19. The molecule has 1 aromatic carbocycles. The average molecular weight is 273 g/mol. The highest BCUT2D eigenvalue weighted by Gasteiger charge is 2.13. The summed E-state index contributed by atoms with van der Waals surface area (Å²) in [5.74, 6) is 0.335. The van der Waals surface area contributed by atoms with Gasteiger partial charge in [0.2, 0.25) is 0 Å². The summed E-state index contributed by atoms with van der Waals surface area (Å²) in [5.41, 5.74) is 7.96. The van der Waals surface area contributed by atoms with Gasteiger partial charge in [0.25, 0.3) is 0 Å². The number of aromatic nitrogens is 1. The maximum Gasteiger partial charge on any atom is 0.126 e. The number of benzene rings is 1. The molecule has 0 aliphatic carbocycles. The molecule has 0 amide bonds. The Morgan fingerprint density at radius 3 is 2.65 bits per heavy atom. The molecule has 3 nitrogen and oxygen atoms in total. The third-order valence-corrected chi connectivity index (χ3v) is 3.26. The van der Waals surface area contributed by atoms with Crippen LogP contribution in [0.25, 0.3) is 0 Å². The Kier molecular flexibility index (Phi) is 5.07. The number of nitrogens with one attached hydrogen (secondary N) is 1. The standard InChI is InChI=1S/C16H20FN3/c1-2-9-19-15(12-5-7-14(17)8-6-12)11-13-4-3-10-20-16(13)18/h3-8,10,15,19H,2,9,11H2,1H3,(H2,18,20). The number of hydrogen-bond acceptors (Lipinski definition) is 3. The first-order valence-corrected chi connectivity index (χ1v) is 6.89.